The van der Waals surface area contributed by atoms with E-state index in [0.717, 1.165) is 25.9 Å². The number of nitrogens with zero attached hydrogens (tertiary/aromatic N) is 1. The van der Waals surface area contributed by atoms with E-state index >= 15 is 0 Å². The zero-order valence-corrected chi connectivity index (χ0v) is 7.42. The Balaban J connectivity index is 2.45. The second-order valence-corrected chi connectivity index (χ2v) is 3.17. The lowest BCUT2D eigenvalue weighted by molar-refractivity contribution is -0.127. The van der Waals surface area contributed by atoms with Crippen LogP contribution >= 0.6 is 0 Å². The van der Waals surface area contributed by atoms with Gasteiger partial charge in [-0.3, -0.25) is 4.79 Å². The van der Waals surface area contributed by atoms with Crippen LogP contribution in [-0.4, -0.2) is 29.0 Å². The first-order chi connectivity index (χ1) is 5.70. The highest BCUT2D eigenvalue weighted by atomic mass is 16.3. The molecular weight excluding hydrogens is 154 g/mol. The van der Waals surface area contributed by atoms with Crippen molar-refractivity contribution in [2.24, 2.45) is 0 Å². The SMILES string of the molecule is CC(O)=CC(=O)N1CCCCC1. The average Bonchev–Trinajstić information content (AvgIpc) is 2.05. The van der Waals surface area contributed by atoms with Gasteiger partial charge in [-0.25, -0.2) is 0 Å². The molecule has 0 unspecified atom stereocenters. The molecule has 1 aliphatic heterocycles. The van der Waals surface area contributed by atoms with E-state index < -0.39 is 0 Å². The standard InChI is InChI=1S/C9H15NO2/c1-8(11)7-9(12)10-5-3-2-4-6-10/h7,11H,2-6H2,1H3. The molecular formula is C9H15NO2. The monoisotopic (exact) mass is 169 g/mol. The van der Waals surface area contributed by atoms with Crippen LogP contribution in [0.25, 0.3) is 0 Å². The molecule has 1 heterocycles. The summed E-state index contributed by atoms with van der Waals surface area (Å²) >= 11 is 0. The maximum atomic E-state index is 11.3. The molecule has 1 fully saturated rings. The fourth-order valence-corrected chi connectivity index (χ4v) is 1.38. The largest absolute Gasteiger partial charge is 0.512 e. The van der Waals surface area contributed by atoms with E-state index in [1.807, 2.05) is 0 Å². The topological polar surface area (TPSA) is 40.5 Å². The Morgan fingerprint density at radius 1 is 1.33 bits per heavy atom. The first-order valence-corrected chi connectivity index (χ1v) is 4.36. The third-order valence-electron chi connectivity index (χ3n) is 2.00. The number of piperidine rings is 1. The fraction of sp³-hybridized carbons (Fsp3) is 0.667. The number of likely N-dealkylation sites (tertiary alicyclic amines) is 1. The molecule has 1 amide bonds. The van der Waals surface area contributed by atoms with Gasteiger partial charge < -0.3 is 10.0 Å². The molecule has 0 radical (unpaired) electrons. The Hall–Kier alpha value is -0.990. The minimum atomic E-state index is -0.0605. The number of allylic oxidation sites excluding steroid dienone is 1. The van der Waals surface area contributed by atoms with Gasteiger partial charge in [0.15, 0.2) is 0 Å². The van der Waals surface area contributed by atoms with Gasteiger partial charge in [0.1, 0.15) is 0 Å². The van der Waals surface area contributed by atoms with E-state index in [9.17, 15) is 4.79 Å². The van der Waals surface area contributed by atoms with Crippen LogP contribution in [0.4, 0.5) is 0 Å². The summed E-state index contributed by atoms with van der Waals surface area (Å²) in [5.74, 6) is 0.0280. The molecule has 1 aliphatic rings. The fourth-order valence-electron chi connectivity index (χ4n) is 1.38. The van der Waals surface area contributed by atoms with Gasteiger partial charge in [0, 0.05) is 19.2 Å². The Labute approximate surface area is 72.7 Å². The third-order valence-corrected chi connectivity index (χ3v) is 2.00. The van der Waals surface area contributed by atoms with Crippen molar-refractivity contribution in [2.75, 3.05) is 13.1 Å². The molecule has 12 heavy (non-hydrogen) atoms. The van der Waals surface area contributed by atoms with E-state index in [0.29, 0.717) is 0 Å². The van der Waals surface area contributed by atoms with Crippen molar-refractivity contribution in [3.8, 4) is 0 Å². The number of aliphatic hydroxyl groups is 1. The number of hydrogen-bond acceptors (Lipinski definition) is 2. The molecule has 1 rings (SSSR count). The van der Waals surface area contributed by atoms with Crippen molar-refractivity contribution in [1.29, 1.82) is 0 Å². The molecule has 0 bridgehead atoms. The molecule has 1 N–H and O–H groups in total. The lowest BCUT2D eigenvalue weighted by atomic mass is 10.1. The molecule has 0 aliphatic carbocycles. The zero-order valence-electron chi connectivity index (χ0n) is 7.42. The molecule has 1 saturated heterocycles. The maximum absolute atomic E-state index is 11.3. The predicted octanol–water partition coefficient (Wildman–Crippen LogP) is 1.46. The molecule has 0 saturated carbocycles. The molecule has 0 aromatic carbocycles. The van der Waals surface area contributed by atoms with Crippen molar-refractivity contribution in [2.45, 2.75) is 26.2 Å². The summed E-state index contributed by atoms with van der Waals surface area (Å²) in [6, 6.07) is 0. The number of aliphatic hydroxyl groups excluding tert-OH is 1. The van der Waals surface area contributed by atoms with Crippen molar-refractivity contribution in [3.05, 3.63) is 11.8 Å². The lowest BCUT2D eigenvalue weighted by Crippen LogP contribution is -2.34. The Bertz CT molecular complexity index is 189. The van der Waals surface area contributed by atoms with Crippen LogP contribution in [0, 0.1) is 0 Å². The first kappa shape index (κ1) is 9.10. The highest BCUT2D eigenvalue weighted by Crippen LogP contribution is 2.09. The number of carbonyl (C=O) groups excluding carboxylic acids is 1. The summed E-state index contributed by atoms with van der Waals surface area (Å²) in [7, 11) is 0. The van der Waals surface area contributed by atoms with Crippen LogP contribution in [-0.2, 0) is 4.79 Å². The highest BCUT2D eigenvalue weighted by Gasteiger charge is 2.13. The lowest BCUT2D eigenvalue weighted by Gasteiger charge is -2.25. The van der Waals surface area contributed by atoms with Crippen molar-refractivity contribution >= 4 is 5.91 Å². The van der Waals surface area contributed by atoms with E-state index in [1.54, 1.807) is 4.90 Å². The smallest absolute Gasteiger partial charge is 0.249 e. The Morgan fingerprint density at radius 3 is 2.42 bits per heavy atom. The molecule has 0 spiro atoms. The molecule has 68 valence electrons. The van der Waals surface area contributed by atoms with Gasteiger partial charge in [-0.1, -0.05) is 0 Å². The normalized spacial score (nSPS) is 19.4. The summed E-state index contributed by atoms with van der Waals surface area (Å²) in [5, 5.41) is 8.87. The van der Waals surface area contributed by atoms with E-state index in [1.165, 1.54) is 19.4 Å². The number of amides is 1. The van der Waals surface area contributed by atoms with Gasteiger partial charge in [0.25, 0.3) is 0 Å². The Kier molecular flexibility index (Phi) is 3.14. The van der Waals surface area contributed by atoms with Crippen LogP contribution < -0.4 is 0 Å². The van der Waals surface area contributed by atoms with Gasteiger partial charge >= 0.3 is 0 Å². The number of hydrogen-bond donors (Lipinski definition) is 1. The highest BCUT2D eigenvalue weighted by molar-refractivity contribution is 5.87. The number of rotatable bonds is 1. The maximum Gasteiger partial charge on any atom is 0.249 e. The van der Waals surface area contributed by atoms with Gasteiger partial charge in [-0.15, -0.1) is 0 Å². The summed E-state index contributed by atoms with van der Waals surface area (Å²) in [6.45, 7) is 3.19. The Morgan fingerprint density at radius 2 is 1.92 bits per heavy atom. The predicted molar refractivity (Wildman–Crippen MR) is 46.8 cm³/mol. The second-order valence-electron chi connectivity index (χ2n) is 3.17. The summed E-state index contributed by atoms with van der Waals surface area (Å²) in [5.41, 5.74) is 0. The van der Waals surface area contributed by atoms with Crippen molar-refractivity contribution < 1.29 is 9.90 Å². The van der Waals surface area contributed by atoms with Gasteiger partial charge in [0.2, 0.25) is 5.91 Å². The molecule has 3 heteroatoms. The first-order valence-electron chi connectivity index (χ1n) is 4.36. The van der Waals surface area contributed by atoms with E-state index in [2.05, 4.69) is 0 Å². The van der Waals surface area contributed by atoms with E-state index in [4.69, 9.17) is 5.11 Å². The number of carbonyl (C=O) groups is 1. The quantitative estimate of drug-likeness (QED) is 0.477. The minimum Gasteiger partial charge on any atom is -0.512 e. The second kappa shape index (κ2) is 4.14. The van der Waals surface area contributed by atoms with Crippen LogP contribution in [0.5, 0.6) is 0 Å². The summed E-state index contributed by atoms with van der Waals surface area (Å²) in [4.78, 5) is 13.1. The third kappa shape index (κ3) is 2.57. The van der Waals surface area contributed by atoms with Crippen LogP contribution in [0.3, 0.4) is 0 Å². The van der Waals surface area contributed by atoms with E-state index in [-0.39, 0.29) is 11.7 Å². The van der Waals surface area contributed by atoms with Crippen molar-refractivity contribution in [1.82, 2.24) is 4.90 Å². The average molecular weight is 169 g/mol. The summed E-state index contributed by atoms with van der Waals surface area (Å²) in [6.07, 6.45) is 4.67. The van der Waals surface area contributed by atoms with Crippen LogP contribution in [0.2, 0.25) is 0 Å². The molecule has 0 aromatic heterocycles. The van der Waals surface area contributed by atoms with Crippen LogP contribution in [0.15, 0.2) is 11.8 Å². The zero-order chi connectivity index (χ0) is 8.97. The molecule has 0 aromatic rings. The van der Waals surface area contributed by atoms with Crippen molar-refractivity contribution in [3.63, 3.8) is 0 Å². The van der Waals surface area contributed by atoms with Gasteiger partial charge in [-0.05, 0) is 26.2 Å². The molecule has 0 atom stereocenters. The summed E-state index contributed by atoms with van der Waals surface area (Å²) < 4.78 is 0. The molecule has 3 nitrogen and oxygen atoms in total. The minimum absolute atomic E-state index is 0.0605. The van der Waals surface area contributed by atoms with Gasteiger partial charge in [0.05, 0.1) is 5.76 Å². The van der Waals surface area contributed by atoms with Crippen LogP contribution in [0.1, 0.15) is 26.2 Å². The van der Waals surface area contributed by atoms with Gasteiger partial charge in [-0.2, -0.15) is 0 Å².